The zero-order valence-electron chi connectivity index (χ0n) is 11.8. The molecule has 0 aliphatic heterocycles. The third-order valence-corrected chi connectivity index (χ3v) is 2.98. The number of ether oxygens (including phenoxy) is 2. The molecule has 0 atom stereocenters. The van der Waals surface area contributed by atoms with Gasteiger partial charge in [-0.15, -0.1) is 0 Å². The van der Waals surface area contributed by atoms with Crippen molar-refractivity contribution in [3.8, 4) is 17.5 Å². The van der Waals surface area contributed by atoms with E-state index in [2.05, 4.69) is 0 Å². The first-order chi connectivity index (χ1) is 10.1. The third kappa shape index (κ3) is 2.67. The van der Waals surface area contributed by atoms with Gasteiger partial charge in [0.2, 0.25) is 0 Å². The van der Waals surface area contributed by atoms with E-state index in [4.69, 9.17) is 20.5 Å². The average Bonchev–Trinajstić information content (AvgIpc) is 2.84. The van der Waals surface area contributed by atoms with Gasteiger partial charge in [-0.25, -0.2) is 4.79 Å². The van der Waals surface area contributed by atoms with E-state index in [1.165, 1.54) is 6.20 Å². The first-order valence-corrected chi connectivity index (χ1v) is 6.34. The second-order valence-corrected chi connectivity index (χ2v) is 4.21. The van der Waals surface area contributed by atoms with Crippen LogP contribution in [0.3, 0.4) is 0 Å². The van der Waals surface area contributed by atoms with Crippen molar-refractivity contribution in [1.82, 2.24) is 4.57 Å². The predicted octanol–water partition coefficient (Wildman–Crippen LogP) is 2.12. The van der Waals surface area contributed by atoms with Crippen LogP contribution in [0.15, 0.2) is 30.5 Å². The fourth-order valence-electron chi connectivity index (χ4n) is 1.96. The van der Waals surface area contributed by atoms with Crippen molar-refractivity contribution >= 4 is 11.7 Å². The Morgan fingerprint density at radius 1 is 1.38 bits per heavy atom. The van der Waals surface area contributed by atoms with Crippen molar-refractivity contribution < 1.29 is 14.3 Å². The highest BCUT2D eigenvalue weighted by Crippen LogP contribution is 2.25. The number of esters is 1. The second-order valence-electron chi connectivity index (χ2n) is 4.21. The van der Waals surface area contributed by atoms with Crippen LogP contribution in [0.25, 0.3) is 5.69 Å². The van der Waals surface area contributed by atoms with Crippen LogP contribution in [0.1, 0.15) is 23.0 Å². The number of methoxy groups -OCH3 is 1. The van der Waals surface area contributed by atoms with E-state index in [9.17, 15) is 4.79 Å². The molecule has 1 aromatic heterocycles. The molecule has 0 fully saturated rings. The minimum atomic E-state index is -0.563. The summed E-state index contributed by atoms with van der Waals surface area (Å²) in [6.07, 6.45) is 1.52. The minimum Gasteiger partial charge on any atom is -0.497 e. The van der Waals surface area contributed by atoms with E-state index in [-0.39, 0.29) is 23.6 Å². The molecule has 0 spiro atoms. The summed E-state index contributed by atoms with van der Waals surface area (Å²) in [6, 6.07) is 9.01. The second kappa shape index (κ2) is 6.01. The Labute approximate surface area is 122 Å². The van der Waals surface area contributed by atoms with Gasteiger partial charge in [-0.05, 0) is 31.2 Å². The number of carbonyl (C=O) groups is 1. The highest BCUT2D eigenvalue weighted by Gasteiger charge is 2.22. The third-order valence-electron chi connectivity index (χ3n) is 2.98. The zero-order valence-corrected chi connectivity index (χ0v) is 11.8. The van der Waals surface area contributed by atoms with Crippen LogP contribution in [-0.4, -0.2) is 24.3 Å². The van der Waals surface area contributed by atoms with Crippen LogP contribution in [0.2, 0.25) is 0 Å². The van der Waals surface area contributed by atoms with Gasteiger partial charge in [0.1, 0.15) is 11.8 Å². The van der Waals surface area contributed by atoms with Gasteiger partial charge in [0.25, 0.3) is 0 Å². The van der Waals surface area contributed by atoms with Crippen molar-refractivity contribution in [2.75, 3.05) is 19.5 Å². The lowest BCUT2D eigenvalue weighted by molar-refractivity contribution is 0.0518. The van der Waals surface area contributed by atoms with Gasteiger partial charge in [0.05, 0.1) is 25.0 Å². The lowest BCUT2D eigenvalue weighted by Crippen LogP contribution is -2.12. The summed E-state index contributed by atoms with van der Waals surface area (Å²) in [5.41, 5.74) is 7.06. The van der Waals surface area contributed by atoms with E-state index in [1.54, 1.807) is 42.9 Å². The fourth-order valence-corrected chi connectivity index (χ4v) is 1.96. The largest absolute Gasteiger partial charge is 0.497 e. The topological polar surface area (TPSA) is 90.3 Å². The molecule has 0 saturated carbocycles. The number of aromatic nitrogens is 1. The Morgan fingerprint density at radius 3 is 2.57 bits per heavy atom. The number of hydrogen-bond donors (Lipinski definition) is 1. The molecule has 0 unspecified atom stereocenters. The van der Waals surface area contributed by atoms with Gasteiger partial charge in [0, 0.05) is 11.9 Å². The molecule has 1 aromatic carbocycles. The summed E-state index contributed by atoms with van der Waals surface area (Å²) in [7, 11) is 1.57. The number of nitriles is 1. The summed E-state index contributed by atoms with van der Waals surface area (Å²) in [4.78, 5) is 12.1. The summed E-state index contributed by atoms with van der Waals surface area (Å²) >= 11 is 0. The van der Waals surface area contributed by atoms with Gasteiger partial charge >= 0.3 is 5.97 Å². The van der Waals surface area contributed by atoms with Crippen LogP contribution in [-0.2, 0) is 4.74 Å². The maximum Gasteiger partial charge on any atom is 0.357 e. The smallest absolute Gasteiger partial charge is 0.357 e. The monoisotopic (exact) mass is 285 g/mol. The Hall–Kier alpha value is -2.94. The van der Waals surface area contributed by atoms with Gasteiger partial charge in [-0.1, -0.05) is 0 Å². The standard InChI is InChI=1S/C15H15N3O3/c1-3-21-15(19)14-13(17)10(8-16)9-18(14)11-4-6-12(20-2)7-5-11/h4-7,9H,3,17H2,1-2H3. The number of nitrogens with two attached hydrogens (primary N) is 1. The normalized spacial score (nSPS) is 9.95. The van der Waals surface area contributed by atoms with Gasteiger partial charge in [0.15, 0.2) is 5.69 Å². The van der Waals surface area contributed by atoms with Gasteiger partial charge < -0.3 is 19.8 Å². The molecule has 21 heavy (non-hydrogen) atoms. The number of benzene rings is 1. The van der Waals surface area contributed by atoms with E-state index in [1.807, 2.05) is 6.07 Å². The number of hydrogen-bond acceptors (Lipinski definition) is 5. The SMILES string of the molecule is CCOC(=O)c1c(N)c(C#N)cn1-c1ccc(OC)cc1. The number of nitrogen functional groups attached to an aromatic ring is 1. The molecule has 108 valence electrons. The summed E-state index contributed by atoms with van der Waals surface area (Å²) < 4.78 is 11.6. The molecule has 0 radical (unpaired) electrons. The summed E-state index contributed by atoms with van der Waals surface area (Å²) in [5.74, 6) is 0.129. The van der Waals surface area contributed by atoms with Crippen molar-refractivity contribution in [2.45, 2.75) is 6.92 Å². The summed E-state index contributed by atoms with van der Waals surface area (Å²) in [6.45, 7) is 1.94. The predicted molar refractivity (Wildman–Crippen MR) is 77.4 cm³/mol. The molecule has 6 heteroatoms. The van der Waals surface area contributed by atoms with Crippen LogP contribution in [0, 0.1) is 11.3 Å². The van der Waals surface area contributed by atoms with E-state index in [0.29, 0.717) is 11.4 Å². The minimum absolute atomic E-state index is 0.117. The van der Waals surface area contributed by atoms with Crippen molar-refractivity contribution in [3.63, 3.8) is 0 Å². The number of rotatable bonds is 4. The molecule has 2 rings (SSSR count). The van der Waals surface area contributed by atoms with Crippen LogP contribution in [0.4, 0.5) is 5.69 Å². The van der Waals surface area contributed by atoms with Crippen molar-refractivity contribution in [1.29, 1.82) is 5.26 Å². The number of nitrogens with zero attached hydrogens (tertiary/aromatic N) is 2. The van der Waals surface area contributed by atoms with Crippen molar-refractivity contribution in [3.05, 3.63) is 41.7 Å². The van der Waals surface area contributed by atoms with Crippen LogP contribution < -0.4 is 10.5 Å². The average molecular weight is 285 g/mol. The number of anilines is 1. The first kappa shape index (κ1) is 14.5. The van der Waals surface area contributed by atoms with E-state index in [0.717, 1.165) is 0 Å². The van der Waals surface area contributed by atoms with Crippen LogP contribution >= 0.6 is 0 Å². The maximum absolute atomic E-state index is 12.1. The highest BCUT2D eigenvalue weighted by molar-refractivity contribution is 5.96. The fraction of sp³-hybridized carbons (Fsp3) is 0.200. The molecule has 0 bridgehead atoms. The van der Waals surface area contributed by atoms with Gasteiger partial charge in [-0.2, -0.15) is 5.26 Å². The quantitative estimate of drug-likeness (QED) is 0.869. The Kier molecular flexibility index (Phi) is 4.14. The van der Waals surface area contributed by atoms with Crippen LogP contribution in [0.5, 0.6) is 5.75 Å². The first-order valence-electron chi connectivity index (χ1n) is 6.34. The lowest BCUT2D eigenvalue weighted by atomic mass is 10.2. The van der Waals surface area contributed by atoms with Crippen molar-refractivity contribution in [2.24, 2.45) is 0 Å². The molecule has 2 aromatic rings. The Bertz CT molecular complexity index is 696. The molecular formula is C15H15N3O3. The highest BCUT2D eigenvalue weighted by atomic mass is 16.5. The molecule has 6 nitrogen and oxygen atoms in total. The Balaban J connectivity index is 2.56. The molecule has 0 amide bonds. The van der Waals surface area contributed by atoms with E-state index >= 15 is 0 Å². The molecule has 0 saturated heterocycles. The molecule has 1 heterocycles. The van der Waals surface area contributed by atoms with Gasteiger partial charge in [-0.3, -0.25) is 0 Å². The molecular weight excluding hydrogens is 270 g/mol. The van der Waals surface area contributed by atoms with E-state index < -0.39 is 5.97 Å². The molecule has 0 aliphatic rings. The maximum atomic E-state index is 12.1. The lowest BCUT2D eigenvalue weighted by Gasteiger charge is -2.09. The summed E-state index contributed by atoms with van der Waals surface area (Å²) in [5, 5.41) is 9.08. The zero-order chi connectivity index (χ0) is 15.4. The Morgan fingerprint density at radius 2 is 2.05 bits per heavy atom. The molecule has 0 aliphatic carbocycles. The molecule has 2 N–H and O–H groups in total. The number of carbonyl (C=O) groups excluding carboxylic acids is 1.